The third kappa shape index (κ3) is 4.47. The molecule has 1 aliphatic rings. The van der Waals surface area contributed by atoms with Crippen molar-refractivity contribution in [2.45, 2.75) is 47.2 Å². The lowest BCUT2D eigenvalue weighted by Gasteiger charge is -2.17. The summed E-state index contributed by atoms with van der Waals surface area (Å²) >= 11 is 0. The van der Waals surface area contributed by atoms with Gasteiger partial charge in [0.25, 0.3) is 11.5 Å². The van der Waals surface area contributed by atoms with Crippen LogP contribution in [-0.4, -0.2) is 27.7 Å². The van der Waals surface area contributed by atoms with Crippen molar-refractivity contribution < 1.29 is 4.79 Å². The number of pyridine rings is 1. The van der Waals surface area contributed by atoms with Crippen molar-refractivity contribution in [1.29, 1.82) is 0 Å². The molecule has 0 bridgehead atoms. The number of nitrogens with one attached hydrogen (secondary N) is 2. The number of benzene rings is 1. The summed E-state index contributed by atoms with van der Waals surface area (Å²) in [6.07, 6.45) is 3.96. The zero-order chi connectivity index (χ0) is 26.1. The molecule has 0 radical (unpaired) electrons. The topological polar surface area (TPSA) is 157 Å². The normalized spacial score (nSPS) is 13.7. The van der Waals surface area contributed by atoms with Gasteiger partial charge in [-0.1, -0.05) is 10.3 Å². The number of aromatic nitrogens is 2. The van der Waals surface area contributed by atoms with E-state index >= 15 is 0 Å². The zero-order valence-electron chi connectivity index (χ0n) is 21.1. The Balaban J connectivity index is 1.77. The number of hydrogen-bond donors (Lipinski definition) is 4. The first-order chi connectivity index (χ1) is 17.1. The maximum Gasteiger partial charge on any atom is 0.274 e. The van der Waals surface area contributed by atoms with Gasteiger partial charge < -0.3 is 26.9 Å². The van der Waals surface area contributed by atoms with Crippen LogP contribution in [0.4, 0.5) is 0 Å². The Morgan fingerprint density at radius 2 is 1.97 bits per heavy atom. The van der Waals surface area contributed by atoms with Gasteiger partial charge >= 0.3 is 0 Å². The monoisotopic (exact) mass is 489 g/mol. The Morgan fingerprint density at radius 1 is 1.22 bits per heavy atom. The molecule has 4 rings (SSSR count). The van der Waals surface area contributed by atoms with Gasteiger partial charge in [0, 0.05) is 57.8 Å². The van der Waals surface area contributed by atoms with Crippen LogP contribution in [0.2, 0.25) is 0 Å². The molecule has 0 atom stereocenters. The van der Waals surface area contributed by atoms with Gasteiger partial charge in [0.05, 0.1) is 6.54 Å². The Kier molecular flexibility index (Phi) is 6.65. The van der Waals surface area contributed by atoms with Crippen LogP contribution in [0.3, 0.4) is 0 Å². The molecule has 0 saturated heterocycles. The van der Waals surface area contributed by atoms with E-state index < -0.39 is 0 Å². The summed E-state index contributed by atoms with van der Waals surface area (Å²) in [7, 11) is 0. The lowest BCUT2D eigenvalue weighted by Crippen LogP contribution is -2.35. The highest BCUT2D eigenvalue weighted by Gasteiger charge is 2.21. The zero-order valence-corrected chi connectivity index (χ0v) is 21.1. The SMILES string of the molecule is Cc1cc(C)n(N)c(=O)c1CNC(=O)c1cc(C2=CCN=C(N=NN)N2)cc2c1c(C)cn2C(C)C. The van der Waals surface area contributed by atoms with E-state index in [1.54, 1.807) is 6.92 Å². The fraction of sp³-hybridized carbons (Fsp3) is 0.320. The van der Waals surface area contributed by atoms with Crippen LogP contribution >= 0.6 is 0 Å². The summed E-state index contributed by atoms with van der Waals surface area (Å²) < 4.78 is 3.24. The predicted octanol–water partition coefficient (Wildman–Crippen LogP) is 2.58. The van der Waals surface area contributed by atoms with Gasteiger partial charge in [-0.3, -0.25) is 9.59 Å². The quantitative estimate of drug-likeness (QED) is 0.246. The number of hydrogen-bond acceptors (Lipinski definition) is 7. The van der Waals surface area contributed by atoms with Crippen molar-refractivity contribution >= 4 is 28.5 Å². The molecule has 0 spiro atoms. The molecule has 1 amide bonds. The minimum absolute atomic E-state index is 0.0608. The standard InChI is InChI=1S/C25H31N9O2/c1-13(2)33-12-15(4)22-18(23(35)29-11-19-14(3)8-16(5)34(27)24(19)36)9-17(10-21(22)33)20-6-7-28-25(30-20)31-32-26/h6,8-10,12-13H,7,11,27H2,1-5H3,(H,29,35)(H3,26,28,30,31). The second kappa shape index (κ2) is 9.68. The molecule has 1 aromatic carbocycles. The number of amides is 1. The van der Waals surface area contributed by atoms with Gasteiger partial charge in [-0.2, -0.15) is 0 Å². The largest absolute Gasteiger partial charge is 0.348 e. The lowest BCUT2D eigenvalue weighted by atomic mass is 10.00. The highest BCUT2D eigenvalue weighted by Crippen LogP contribution is 2.31. The molecule has 36 heavy (non-hydrogen) atoms. The number of nitrogen functional groups attached to an aromatic ring is 1. The van der Waals surface area contributed by atoms with Gasteiger partial charge in [-0.05, 0) is 70.0 Å². The van der Waals surface area contributed by atoms with E-state index in [1.165, 1.54) is 0 Å². The molecule has 3 heterocycles. The Bertz CT molecular complexity index is 1510. The van der Waals surface area contributed by atoms with Crippen LogP contribution < -0.4 is 27.9 Å². The summed E-state index contributed by atoms with van der Waals surface area (Å²) in [4.78, 5) is 30.5. The maximum absolute atomic E-state index is 13.6. The molecule has 188 valence electrons. The average Bonchev–Trinajstić information content (AvgIpc) is 3.19. The first-order valence-corrected chi connectivity index (χ1v) is 11.7. The lowest BCUT2D eigenvalue weighted by molar-refractivity contribution is 0.0952. The summed E-state index contributed by atoms with van der Waals surface area (Å²) in [5, 5.41) is 14.0. The molecule has 0 fully saturated rings. The van der Waals surface area contributed by atoms with Gasteiger partial charge in [-0.15, -0.1) is 0 Å². The van der Waals surface area contributed by atoms with Crippen LogP contribution in [-0.2, 0) is 6.54 Å². The Hall–Kier alpha value is -4.41. The number of carbonyl (C=O) groups is 1. The first kappa shape index (κ1) is 24.7. The van der Waals surface area contributed by atoms with Crippen molar-refractivity contribution in [1.82, 2.24) is 19.9 Å². The minimum Gasteiger partial charge on any atom is -0.348 e. The Morgan fingerprint density at radius 3 is 2.67 bits per heavy atom. The first-order valence-electron chi connectivity index (χ1n) is 11.7. The molecule has 6 N–H and O–H groups in total. The molecular weight excluding hydrogens is 458 g/mol. The third-order valence-corrected chi connectivity index (χ3v) is 6.35. The van der Waals surface area contributed by atoms with E-state index in [-0.39, 0.29) is 24.1 Å². The van der Waals surface area contributed by atoms with Crippen molar-refractivity contribution in [2.24, 2.45) is 21.2 Å². The van der Waals surface area contributed by atoms with Gasteiger partial charge in [0.15, 0.2) is 0 Å². The second-order valence-electron chi connectivity index (χ2n) is 9.16. The number of nitrogens with zero attached hydrogens (tertiary/aromatic N) is 5. The number of rotatable bonds is 5. The number of carbonyl (C=O) groups excluding carboxylic acids is 1. The van der Waals surface area contributed by atoms with Gasteiger partial charge in [-0.25, -0.2) is 9.67 Å². The number of nitrogens with two attached hydrogens (primary N) is 2. The minimum atomic E-state index is -0.328. The molecule has 3 aromatic rings. The fourth-order valence-corrected chi connectivity index (χ4v) is 4.51. The van der Waals surface area contributed by atoms with Gasteiger partial charge in [0.1, 0.15) is 0 Å². The molecule has 11 nitrogen and oxygen atoms in total. The molecular formula is C25H31N9O2. The molecule has 0 unspecified atom stereocenters. The van der Waals surface area contributed by atoms with E-state index in [1.807, 2.05) is 44.3 Å². The predicted molar refractivity (Wildman–Crippen MR) is 141 cm³/mol. The Labute approximate surface area is 208 Å². The number of fused-ring (bicyclic) bond motifs is 1. The molecule has 1 aliphatic heterocycles. The van der Waals surface area contributed by atoms with Crippen LogP contribution in [0, 0.1) is 20.8 Å². The maximum atomic E-state index is 13.6. The number of aliphatic imine (C=N–C) groups is 1. The van der Waals surface area contributed by atoms with Crippen molar-refractivity contribution in [3.63, 3.8) is 0 Å². The van der Waals surface area contributed by atoms with E-state index in [4.69, 9.17) is 11.7 Å². The third-order valence-electron chi connectivity index (χ3n) is 6.35. The van der Waals surface area contributed by atoms with Crippen LogP contribution in [0.1, 0.15) is 58.2 Å². The van der Waals surface area contributed by atoms with Gasteiger partial charge in [0.2, 0.25) is 5.96 Å². The van der Waals surface area contributed by atoms with E-state index in [0.29, 0.717) is 29.3 Å². The smallest absolute Gasteiger partial charge is 0.274 e. The summed E-state index contributed by atoms with van der Waals surface area (Å²) in [6.45, 7) is 10.2. The molecule has 11 heteroatoms. The number of aryl methyl sites for hydroxylation is 3. The van der Waals surface area contributed by atoms with Crippen LogP contribution in [0.5, 0.6) is 0 Å². The summed E-state index contributed by atoms with van der Waals surface area (Å²) in [5.41, 5.74) is 5.50. The van der Waals surface area contributed by atoms with Crippen molar-refractivity contribution in [2.75, 3.05) is 12.4 Å². The highest BCUT2D eigenvalue weighted by atomic mass is 16.2. The van der Waals surface area contributed by atoms with Crippen LogP contribution in [0.15, 0.2) is 50.6 Å². The molecule has 2 aromatic heterocycles. The number of guanidine groups is 1. The van der Waals surface area contributed by atoms with E-state index in [2.05, 4.69) is 44.4 Å². The second-order valence-corrected chi connectivity index (χ2v) is 9.16. The van der Waals surface area contributed by atoms with Crippen LogP contribution in [0.25, 0.3) is 16.6 Å². The average molecular weight is 490 g/mol. The molecule has 0 saturated carbocycles. The highest BCUT2D eigenvalue weighted by molar-refractivity contribution is 6.09. The van der Waals surface area contributed by atoms with E-state index in [0.717, 1.165) is 38.0 Å². The molecule has 0 aliphatic carbocycles. The van der Waals surface area contributed by atoms with E-state index in [9.17, 15) is 9.59 Å². The summed E-state index contributed by atoms with van der Waals surface area (Å²) in [6, 6.07) is 5.88. The van der Waals surface area contributed by atoms with Crippen molar-refractivity contribution in [3.8, 4) is 0 Å². The summed E-state index contributed by atoms with van der Waals surface area (Å²) in [5.74, 6) is 11.1. The van der Waals surface area contributed by atoms with Crippen molar-refractivity contribution in [3.05, 3.63) is 74.3 Å². The fourth-order valence-electron chi connectivity index (χ4n) is 4.51.